The van der Waals surface area contributed by atoms with Crippen molar-refractivity contribution in [3.05, 3.63) is 104 Å². The standard InChI is InChI=1S/C25H20BrClN4O/c26-21-4-2-1-3-19(21)22-10-5-16(13-28-22)14-31-12-11-23-20(15-31)25(32)30-24(29-23)17-6-8-18(27)9-7-17/h1-10,13H,11-12,14-15H2,(H,29,30,32). The number of hydrogen-bond donors (Lipinski definition) is 1. The van der Waals surface area contributed by atoms with E-state index in [0.717, 1.165) is 57.6 Å². The minimum atomic E-state index is -0.0768. The molecule has 0 amide bonds. The molecule has 0 bridgehead atoms. The van der Waals surface area contributed by atoms with Crippen molar-refractivity contribution < 1.29 is 0 Å². The number of fused-ring (bicyclic) bond motifs is 1. The summed E-state index contributed by atoms with van der Waals surface area (Å²) < 4.78 is 1.03. The van der Waals surface area contributed by atoms with Crippen molar-refractivity contribution in [1.82, 2.24) is 19.9 Å². The molecule has 0 saturated carbocycles. The van der Waals surface area contributed by atoms with Crippen LogP contribution in [0.3, 0.4) is 0 Å². The fourth-order valence-electron chi connectivity index (χ4n) is 3.96. The highest BCUT2D eigenvalue weighted by atomic mass is 79.9. The van der Waals surface area contributed by atoms with Crippen LogP contribution in [0.2, 0.25) is 5.02 Å². The first-order valence-electron chi connectivity index (χ1n) is 10.4. The van der Waals surface area contributed by atoms with Gasteiger partial charge in [0.05, 0.1) is 17.0 Å². The number of nitrogens with one attached hydrogen (secondary N) is 1. The van der Waals surface area contributed by atoms with Crippen LogP contribution in [-0.2, 0) is 19.5 Å². The van der Waals surface area contributed by atoms with E-state index in [-0.39, 0.29) is 5.56 Å². The molecule has 7 heteroatoms. The van der Waals surface area contributed by atoms with E-state index in [1.54, 1.807) is 12.1 Å². The molecule has 0 aliphatic carbocycles. The summed E-state index contributed by atoms with van der Waals surface area (Å²) in [4.78, 5) is 27.4. The van der Waals surface area contributed by atoms with Crippen LogP contribution in [-0.4, -0.2) is 26.4 Å². The molecule has 1 aliphatic heterocycles. The molecular weight excluding hydrogens is 488 g/mol. The molecule has 3 heterocycles. The van der Waals surface area contributed by atoms with E-state index in [9.17, 15) is 4.79 Å². The van der Waals surface area contributed by atoms with Gasteiger partial charge in [0, 0.05) is 52.9 Å². The lowest BCUT2D eigenvalue weighted by Crippen LogP contribution is -2.35. The molecule has 1 N–H and O–H groups in total. The molecule has 2 aromatic carbocycles. The van der Waals surface area contributed by atoms with Gasteiger partial charge in [0.15, 0.2) is 0 Å². The van der Waals surface area contributed by atoms with E-state index >= 15 is 0 Å². The van der Waals surface area contributed by atoms with E-state index in [2.05, 4.69) is 36.9 Å². The van der Waals surface area contributed by atoms with Crippen molar-refractivity contribution in [2.45, 2.75) is 19.5 Å². The molecule has 0 atom stereocenters. The Morgan fingerprint density at radius 2 is 1.88 bits per heavy atom. The van der Waals surface area contributed by atoms with Gasteiger partial charge in [0.25, 0.3) is 5.56 Å². The third-order valence-electron chi connectivity index (χ3n) is 5.65. The smallest absolute Gasteiger partial charge is 0.255 e. The maximum Gasteiger partial charge on any atom is 0.255 e. The van der Waals surface area contributed by atoms with E-state index in [1.807, 2.05) is 48.7 Å². The molecule has 5 rings (SSSR count). The number of halogens is 2. The molecule has 160 valence electrons. The SMILES string of the molecule is O=c1[nH]c(-c2ccc(Cl)cc2)nc2c1CN(Cc1ccc(-c3ccccc3Br)nc1)CC2. The van der Waals surface area contributed by atoms with Crippen molar-refractivity contribution in [3.63, 3.8) is 0 Å². The number of pyridine rings is 1. The molecule has 1 aliphatic rings. The summed E-state index contributed by atoms with van der Waals surface area (Å²) >= 11 is 9.55. The molecule has 0 saturated heterocycles. The third kappa shape index (κ3) is 4.39. The number of aromatic amines is 1. The lowest BCUT2D eigenvalue weighted by atomic mass is 10.1. The number of H-pyrrole nitrogens is 1. The monoisotopic (exact) mass is 506 g/mol. The van der Waals surface area contributed by atoms with Crippen LogP contribution in [0.5, 0.6) is 0 Å². The number of benzene rings is 2. The normalized spacial score (nSPS) is 13.7. The van der Waals surface area contributed by atoms with Gasteiger partial charge in [-0.3, -0.25) is 14.7 Å². The average Bonchev–Trinajstić information content (AvgIpc) is 2.81. The molecule has 5 nitrogen and oxygen atoms in total. The third-order valence-corrected chi connectivity index (χ3v) is 6.59. The minimum Gasteiger partial charge on any atom is -0.306 e. The molecule has 2 aromatic heterocycles. The molecule has 32 heavy (non-hydrogen) atoms. The Kier molecular flexibility index (Phi) is 5.91. The first-order chi connectivity index (χ1) is 15.6. The summed E-state index contributed by atoms with van der Waals surface area (Å²) in [5.74, 6) is 0.589. The highest BCUT2D eigenvalue weighted by molar-refractivity contribution is 9.10. The summed E-state index contributed by atoms with van der Waals surface area (Å²) in [7, 11) is 0. The number of nitrogens with zero attached hydrogens (tertiary/aromatic N) is 3. The van der Waals surface area contributed by atoms with Gasteiger partial charge in [-0.2, -0.15) is 0 Å². The number of aromatic nitrogens is 3. The first kappa shape index (κ1) is 21.1. The second-order valence-corrected chi connectivity index (χ2v) is 9.13. The quantitative estimate of drug-likeness (QED) is 0.398. The van der Waals surface area contributed by atoms with Crippen molar-refractivity contribution >= 4 is 27.5 Å². The van der Waals surface area contributed by atoms with Crippen molar-refractivity contribution in [3.8, 4) is 22.6 Å². The highest BCUT2D eigenvalue weighted by Gasteiger charge is 2.21. The van der Waals surface area contributed by atoms with Gasteiger partial charge in [0.1, 0.15) is 5.82 Å². The maximum absolute atomic E-state index is 12.8. The van der Waals surface area contributed by atoms with Gasteiger partial charge in [-0.25, -0.2) is 4.98 Å². The predicted molar refractivity (Wildman–Crippen MR) is 130 cm³/mol. The molecule has 4 aromatic rings. The van der Waals surface area contributed by atoms with Crippen molar-refractivity contribution in [2.24, 2.45) is 0 Å². The van der Waals surface area contributed by atoms with Crippen LogP contribution in [0.25, 0.3) is 22.6 Å². The summed E-state index contributed by atoms with van der Waals surface area (Å²) in [5.41, 5.74) is 5.51. The van der Waals surface area contributed by atoms with Crippen molar-refractivity contribution in [2.75, 3.05) is 6.54 Å². The minimum absolute atomic E-state index is 0.0768. The second kappa shape index (κ2) is 8.98. The van der Waals surface area contributed by atoms with Crippen LogP contribution >= 0.6 is 27.5 Å². The van der Waals surface area contributed by atoms with Crippen LogP contribution in [0.4, 0.5) is 0 Å². The van der Waals surface area contributed by atoms with Crippen LogP contribution in [0.1, 0.15) is 16.8 Å². The van der Waals surface area contributed by atoms with Crippen LogP contribution < -0.4 is 5.56 Å². The van der Waals surface area contributed by atoms with Gasteiger partial charge in [0.2, 0.25) is 0 Å². The fraction of sp³-hybridized carbons (Fsp3) is 0.160. The van der Waals surface area contributed by atoms with Crippen LogP contribution in [0, 0.1) is 0 Å². The lowest BCUT2D eigenvalue weighted by molar-refractivity contribution is 0.241. The Balaban J connectivity index is 1.32. The Hall–Kier alpha value is -2.80. The van der Waals surface area contributed by atoms with Gasteiger partial charge in [-0.05, 0) is 42.0 Å². The number of rotatable bonds is 4. The zero-order valence-corrected chi connectivity index (χ0v) is 19.5. The van der Waals surface area contributed by atoms with Gasteiger partial charge in [-0.15, -0.1) is 0 Å². The summed E-state index contributed by atoms with van der Waals surface area (Å²) in [5, 5.41) is 0.656. The molecule has 0 spiro atoms. The topological polar surface area (TPSA) is 61.9 Å². The average molecular weight is 508 g/mol. The summed E-state index contributed by atoms with van der Waals surface area (Å²) in [6.07, 6.45) is 2.65. The summed E-state index contributed by atoms with van der Waals surface area (Å²) in [6.45, 7) is 2.15. The van der Waals surface area contributed by atoms with E-state index in [1.165, 1.54) is 0 Å². The zero-order valence-electron chi connectivity index (χ0n) is 17.2. The molecule has 0 radical (unpaired) electrons. The Morgan fingerprint density at radius 3 is 2.62 bits per heavy atom. The van der Waals surface area contributed by atoms with Crippen molar-refractivity contribution in [1.29, 1.82) is 0 Å². The van der Waals surface area contributed by atoms with E-state index in [0.29, 0.717) is 17.4 Å². The van der Waals surface area contributed by atoms with Gasteiger partial charge in [-0.1, -0.05) is 51.8 Å². The Morgan fingerprint density at radius 1 is 1.06 bits per heavy atom. The van der Waals surface area contributed by atoms with E-state index < -0.39 is 0 Å². The predicted octanol–water partition coefficient (Wildman–Crippen LogP) is 5.47. The molecular formula is C25H20BrClN4O. The zero-order chi connectivity index (χ0) is 22.1. The second-order valence-electron chi connectivity index (χ2n) is 7.84. The Bertz CT molecular complexity index is 1320. The summed E-state index contributed by atoms with van der Waals surface area (Å²) in [6, 6.07) is 19.5. The first-order valence-corrected chi connectivity index (χ1v) is 11.5. The van der Waals surface area contributed by atoms with Gasteiger partial charge >= 0.3 is 0 Å². The Labute approximate surface area is 199 Å². The van der Waals surface area contributed by atoms with Gasteiger partial charge < -0.3 is 4.98 Å². The van der Waals surface area contributed by atoms with Crippen LogP contribution in [0.15, 0.2) is 76.1 Å². The largest absolute Gasteiger partial charge is 0.306 e. The maximum atomic E-state index is 12.8. The lowest BCUT2D eigenvalue weighted by Gasteiger charge is -2.27. The molecule has 0 unspecified atom stereocenters. The molecule has 0 fully saturated rings. The highest BCUT2D eigenvalue weighted by Crippen LogP contribution is 2.27. The fourth-order valence-corrected chi connectivity index (χ4v) is 4.58. The number of hydrogen-bond acceptors (Lipinski definition) is 4. The van der Waals surface area contributed by atoms with E-state index in [4.69, 9.17) is 16.6 Å².